The average Bonchev–Trinajstić information content (AvgIpc) is 2.76. The smallest absolute Gasteiger partial charge is 0.329 e. The first-order valence-corrected chi connectivity index (χ1v) is 10.6. The summed E-state index contributed by atoms with van der Waals surface area (Å²) in [5.41, 5.74) is 2.97. The van der Waals surface area contributed by atoms with E-state index in [0.717, 1.165) is 24.8 Å². The Morgan fingerprint density at radius 2 is 1.74 bits per heavy atom. The van der Waals surface area contributed by atoms with Crippen molar-refractivity contribution in [2.24, 2.45) is 5.92 Å². The summed E-state index contributed by atoms with van der Waals surface area (Å²) in [4.78, 5) is 37.2. The van der Waals surface area contributed by atoms with Gasteiger partial charge in [-0.2, -0.15) is 0 Å². The molecular weight excluding hydrogens is 394 g/mol. The minimum absolute atomic E-state index is 0.0770. The number of para-hydroxylation sites is 1. The van der Waals surface area contributed by atoms with Gasteiger partial charge in [0, 0.05) is 5.69 Å². The van der Waals surface area contributed by atoms with Crippen molar-refractivity contribution in [3.05, 3.63) is 65.7 Å². The maximum absolute atomic E-state index is 12.5. The van der Waals surface area contributed by atoms with Crippen LogP contribution in [0.15, 0.2) is 54.6 Å². The van der Waals surface area contributed by atoms with E-state index in [-0.39, 0.29) is 24.5 Å². The van der Waals surface area contributed by atoms with Crippen molar-refractivity contribution >= 4 is 23.6 Å². The molecule has 0 bridgehead atoms. The first kappa shape index (κ1) is 22.3. The van der Waals surface area contributed by atoms with Gasteiger partial charge in [0.25, 0.3) is 5.91 Å². The Bertz CT molecular complexity index is 914. The van der Waals surface area contributed by atoms with E-state index in [0.29, 0.717) is 5.69 Å². The second-order valence-corrected chi connectivity index (χ2v) is 8.01. The number of amides is 3. The molecule has 0 fully saturated rings. The molecule has 7 heteroatoms. The number of ether oxygens (including phenoxy) is 1. The van der Waals surface area contributed by atoms with Gasteiger partial charge in [0.05, 0.1) is 6.04 Å². The van der Waals surface area contributed by atoms with Gasteiger partial charge in [-0.1, -0.05) is 56.3 Å². The summed E-state index contributed by atoms with van der Waals surface area (Å²) >= 11 is 0. The Morgan fingerprint density at radius 1 is 1.03 bits per heavy atom. The Hall–Kier alpha value is -3.35. The lowest BCUT2D eigenvalue weighted by molar-refractivity contribution is -0.151. The second kappa shape index (κ2) is 10.6. The van der Waals surface area contributed by atoms with Gasteiger partial charge in [0.2, 0.25) is 0 Å². The zero-order valence-corrected chi connectivity index (χ0v) is 17.9. The van der Waals surface area contributed by atoms with Crippen LogP contribution in [-0.2, 0) is 20.7 Å². The van der Waals surface area contributed by atoms with Crippen LogP contribution in [0.1, 0.15) is 43.9 Å². The molecule has 0 spiro atoms. The Labute approximate surface area is 182 Å². The molecule has 2 aromatic rings. The largest absolute Gasteiger partial charge is 0.454 e. The van der Waals surface area contributed by atoms with Gasteiger partial charge in [-0.3, -0.25) is 4.79 Å². The number of anilines is 1. The van der Waals surface area contributed by atoms with Crippen LogP contribution in [0.3, 0.4) is 0 Å². The number of hydrogen-bond acceptors (Lipinski definition) is 4. The van der Waals surface area contributed by atoms with Crippen LogP contribution in [0.25, 0.3) is 0 Å². The van der Waals surface area contributed by atoms with Crippen molar-refractivity contribution in [3.8, 4) is 0 Å². The molecule has 2 atom stereocenters. The summed E-state index contributed by atoms with van der Waals surface area (Å²) in [6, 6.07) is 15.5. The molecule has 0 radical (unpaired) electrons. The summed E-state index contributed by atoms with van der Waals surface area (Å²) in [5, 5.41) is 8.26. The molecule has 31 heavy (non-hydrogen) atoms. The molecule has 0 aliphatic heterocycles. The quantitative estimate of drug-likeness (QED) is 0.593. The minimum Gasteiger partial charge on any atom is -0.454 e. The van der Waals surface area contributed by atoms with E-state index < -0.39 is 18.0 Å². The normalized spacial score (nSPS) is 16.0. The molecule has 164 valence electrons. The zero-order chi connectivity index (χ0) is 22.2. The third-order valence-corrected chi connectivity index (χ3v) is 5.29. The fourth-order valence-corrected chi connectivity index (χ4v) is 3.69. The van der Waals surface area contributed by atoms with Gasteiger partial charge in [0.1, 0.15) is 6.04 Å². The van der Waals surface area contributed by atoms with Crippen molar-refractivity contribution in [2.75, 3.05) is 11.9 Å². The maximum Gasteiger partial charge on any atom is 0.329 e. The summed E-state index contributed by atoms with van der Waals surface area (Å²) < 4.78 is 5.21. The third kappa shape index (κ3) is 6.31. The summed E-state index contributed by atoms with van der Waals surface area (Å²) in [7, 11) is 0. The van der Waals surface area contributed by atoms with E-state index in [2.05, 4.69) is 22.0 Å². The maximum atomic E-state index is 12.5. The Kier molecular flexibility index (Phi) is 7.65. The fraction of sp³-hybridized carbons (Fsp3) is 0.375. The summed E-state index contributed by atoms with van der Waals surface area (Å²) in [5.74, 6) is -1.20. The van der Waals surface area contributed by atoms with Gasteiger partial charge in [-0.15, -0.1) is 0 Å². The lowest BCUT2D eigenvalue weighted by atomic mass is 9.88. The van der Waals surface area contributed by atoms with Crippen LogP contribution >= 0.6 is 0 Å². The van der Waals surface area contributed by atoms with Crippen LogP contribution in [0.4, 0.5) is 10.5 Å². The van der Waals surface area contributed by atoms with Gasteiger partial charge >= 0.3 is 12.0 Å². The number of rotatable bonds is 7. The lowest BCUT2D eigenvalue weighted by Crippen LogP contribution is -2.47. The molecule has 3 rings (SSSR count). The van der Waals surface area contributed by atoms with Crippen molar-refractivity contribution in [1.82, 2.24) is 10.6 Å². The van der Waals surface area contributed by atoms with Crippen molar-refractivity contribution in [1.29, 1.82) is 0 Å². The van der Waals surface area contributed by atoms with Crippen LogP contribution in [0, 0.1) is 5.92 Å². The standard InChI is InChI=1S/C24H29N3O4/c1-16(2)22(27-24(30)25-18-11-4-3-5-12-18)23(29)31-15-21(28)26-20-14-8-10-17-9-6-7-13-19(17)20/h3-7,9,11-13,16,20,22H,8,10,14-15H2,1-2H3,(H,26,28)(H2,25,27,30)/t20-,22-/m0/s1. The average molecular weight is 424 g/mol. The molecule has 1 aliphatic carbocycles. The molecular formula is C24H29N3O4. The molecule has 0 unspecified atom stereocenters. The second-order valence-electron chi connectivity index (χ2n) is 8.01. The molecule has 3 amide bonds. The number of esters is 1. The zero-order valence-electron chi connectivity index (χ0n) is 17.9. The van der Waals surface area contributed by atoms with Gasteiger partial charge < -0.3 is 20.7 Å². The number of nitrogens with one attached hydrogen (secondary N) is 3. The number of urea groups is 1. The topological polar surface area (TPSA) is 96.5 Å². The van der Waals surface area contributed by atoms with Gasteiger partial charge in [0.15, 0.2) is 6.61 Å². The van der Waals surface area contributed by atoms with Crippen molar-refractivity contribution < 1.29 is 19.1 Å². The number of carbonyl (C=O) groups excluding carboxylic acids is 3. The van der Waals surface area contributed by atoms with E-state index in [4.69, 9.17) is 4.74 Å². The van der Waals surface area contributed by atoms with Gasteiger partial charge in [-0.25, -0.2) is 9.59 Å². The van der Waals surface area contributed by atoms with Crippen LogP contribution < -0.4 is 16.0 Å². The fourth-order valence-electron chi connectivity index (χ4n) is 3.69. The predicted octanol–water partition coefficient (Wildman–Crippen LogP) is 3.57. The number of carbonyl (C=O) groups is 3. The Balaban J connectivity index is 1.50. The van der Waals surface area contributed by atoms with Gasteiger partial charge in [-0.05, 0) is 48.4 Å². The Morgan fingerprint density at radius 3 is 2.48 bits per heavy atom. The summed E-state index contributed by atoms with van der Waals surface area (Å²) in [6.07, 6.45) is 2.86. The molecule has 0 heterocycles. The molecule has 0 aromatic heterocycles. The first-order valence-electron chi connectivity index (χ1n) is 10.6. The highest BCUT2D eigenvalue weighted by atomic mass is 16.5. The van der Waals surface area contributed by atoms with E-state index in [1.807, 2.05) is 24.3 Å². The number of hydrogen-bond donors (Lipinski definition) is 3. The summed E-state index contributed by atoms with van der Waals surface area (Å²) in [6.45, 7) is 3.21. The van der Waals surface area contributed by atoms with Crippen molar-refractivity contribution in [3.63, 3.8) is 0 Å². The molecule has 7 nitrogen and oxygen atoms in total. The number of aryl methyl sites for hydroxylation is 1. The number of fused-ring (bicyclic) bond motifs is 1. The SMILES string of the molecule is CC(C)[C@H](NC(=O)Nc1ccccc1)C(=O)OCC(=O)N[C@H]1CCCc2ccccc21. The molecule has 2 aromatic carbocycles. The highest BCUT2D eigenvalue weighted by molar-refractivity contribution is 5.93. The lowest BCUT2D eigenvalue weighted by Gasteiger charge is -2.26. The van der Waals surface area contributed by atoms with Crippen LogP contribution in [-0.4, -0.2) is 30.6 Å². The van der Waals surface area contributed by atoms with E-state index in [9.17, 15) is 14.4 Å². The van der Waals surface area contributed by atoms with E-state index >= 15 is 0 Å². The predicted molar refractivity (Wildman–Crippen MR) is 118 cm³/mol. The van der Waals surface area contributed by atoms with E-state index in [1.54, 1.807) is 38.1 Å². The van der Waals surface area contributed by atoms with E-state index in [1.165, 1.54) is 5.56 Å². The van der Waals surface area contributed by atoms with Crippen LogP contribution in [0.5, 0.6) is 0 Å². The van der Waals surface area contributed by atoms with Crippen LogP contribution in [0.2, 0.25) is 0 Å². The molecule has 0 saturated heterocycles. The highest BCUT2D eigenvalue weighted by Gasteiger charge is 2.27. The third-order valence-electron chi connectivity index (χ3n) is 5.29. The highest BCUT2D eigenvalue weighted by Crippen LogP contribution is 2.29. The molecule has 3 N–H and O–H groups in total. The number of benzene rings is 2. The monoisotopic (exact) mass is 423 g/mol. The first-order chi connectivity index (χ1) is 14.9. The molecule has 1 aliphatic rings. The van der Waals surface area contributed by atoms with Crippen molar-refractivity contribution in [2.45, 2.75) is 45.2 Å². The molecule has 0 saturated carbocycles. The minimum atomic E-state index is -0.869.